The van der Waals surface area contributed by atoms with Crippen LogP contribution in [0.2, 0.25) is 0 Å². The molecule has 22 heavy (non-hydrogen) atoms. The fraction of sp³-hybridized carbons (Fsp3) is 0.214. The summed E-state index contributed by atoms with van der Waals surface area (Å²) in [7, 11) is 4.56. The van der Waals surface area contributed by atoms with Crippen molar-refractivity contribution in [1.82, 2.24) is 9.80 Å². The third kappa shape index (κ3) is 2.98. The Morgan fingerprint density at radius 2 is 1.45 bits per heavy atom. The number of hydrogen-bond acceptors (Lipinski definition) is 4. The summed E-state index contributed by atoms with van der Waals surface area (Å²) < 4.78 is 1.96. The lowest BCUT2D eigenvalue weighted by molar-refractivity contribution is -0.134. The number of amides is 4. The predicted molar refractivity (Wildman–Crippen MR) is 100 cm³/mol. The Morgan fingerprint density at radius 1 is 1.00 bits per heavy atom. The van der Waals surface area contributed by atoms with Crippen LogP contribution in [0.4, 0.5) is 10.5 Å². The highest BCUT2D eigenvalue weighted by Crippen LogP contribution is 2.28. The molecule has 0 atom stereocenters. The van der Waals surface area contributed by atoms with Crippen molar-refractivity contribution in [3.05, 3.63) is 30.4 Å². The third-order valence-corrected chi connectivity index (χ3v) is 4.97. The van der Waals surface area contributed by atoms with Crippen LogP contribution in [0, 0.1) is 7.14 Å². The standard InChI is InChI=1S/C14H13I2N3O3/c1-17-11-9(15)5-7(6-10(11)16)4-8-12(20)18(2)14(22)19(3)13(8)21/h4-6,17H,1-3H3. The van der Waals surface area contributed by atoms with Crippen LogP contribution in [-0.2, 0) is 9.59 Å². The van der Waals surface area contributed by atoms with Crippen LogP contribution in [0.3, 0.4) is 0 Å². The Kier molecular flexibility index (Phi) is 5.10. The number of urea groups is 1. The molecule has 1 aliphatic heterocycles. The second kappa shape index (κ2) is 6.52. The number of rotatable bonds is 2. The van der Waals surface area contributed by atoms with Crippen molar-refractivity contribution in [3.63, 3.8) is 0 Å². The first-order valence-electron chi connectivity index (χ1n) is 6.26. The van der Waals surface area contributed by atoms with Crippen molar-refractivity contribution in [2.24, 2.45) is 0 Å². The molecule has 2 rings (SSSR count). The minimum Gasteiger partial charge on any atom is -0.386 e. The number of hydrogen-bond donors (Lipinski definition) is 1. The Labute approximate surface area is 155 Å². The summed E-state index contributed by atoms with van der Waals surface area (Å²) in [6.07, 6.45) is 1.52. The maximum atomic E-state index is 12.2. The van der Waals surface area contributed by atoms with Gasteiger partial charge < -0.3 is 5.32 Å². The molecule has 116 valence electrons. The van der Waals surface area contributed by atoms with Crippen LogP contribution in [0.15, 0.2) is 17.7 Å². The van der Waals surface area contributed by atoms with Crippen molar-refractivity contribution < 1.29 is 14.4 Å². The molecule has 0 radical (unpaired) electrons. The van der Waals surface area contributed by atoms with E-state index in [1.54, 1.807) is 0 Å². The molecule has 0 saturated carbocycles. The van der Waals surface area contributed by atoms with Crippen LogP contribution < -0.4 is 5.32 Å². The minimum absolute atomic E-state index is 0.0200. The Hall–Kier alpha value is -1.17. The van der Waals surface area contributed by atoms with Gasteiger partial charge in [-0.25, -0.2) is 4.79 Å². The number of carbonyl (C=O) groups excluding carboxylic acids is 3. The highest BCUT2D eigenvalue weighted by molar-refractivity contribution is 14.1. The van der Waals surface area contributed by atoms with E-state index in [-0.39, 0.29) is 5.57 Å². The van der Waals surface area contributed by atoms with Gasteiger partial charge in [0.1, 0.15) is 5.57 Å². The van der Waals surface area contributed by atoms with Crippen LogP contribution in [0.1, 0.15) is 5.56 Å². The van der Waals surface area contributed by atoms with Crippen molar-refractivity contribution in [2.45, 2.75) is 0 Å². The molecule has 6 nitrogen and oxygen atoms in total. The number of halogens is 2. The van der Waals surface area contributed by atoms with Gasteiger partial charge >= 0.3 is 6.03 Å². The first-order chi connectivity index (χ1) is 10.3. The van der Waals surface area contributed by atoms with E-state index >= 15 is 0 Å². The maximum absolute atomic E-state index is 12.2. The van der Waals surface area contributed by atoms with E-state index in [2.05, 4.69) is 50.5 Å². The molecule has 1 saturated heterocycles. The fourth-order valence-corrected chi connectivity index (χ4v) is 4.41. The maximum Gasteiger partial charge on any atom is 0.333 e. The molecule has 0 aliphatic carbocycles. The lowest BCUT2D eigenvalue weighted by Crippen LogP contribution is -2.52. The van der Waals surface area contributed by atoms with Gasteiger partial charge in [0.05, 0.1) is 5.69 Å². The normalized spacial score (nSPS) is 15.5. The van der Waals surface area contributed by atoms with Crippen LogP contribution >= 0.6 is 45.2 Å². The van der Waals surface area contributed by atoms with Crippen molar-refractivity contribution in [3.8, 4) is 0 Å². The van der Waals surface area contributed by atoms with Crippen LogP contribution in [-0.4, -0.2) is 48.8 Å². The van der Waals surface area contributed by atoms with E-state index in [1.807, 2.05) is 19.2 Å². The quantitative estimate of drug-likeness (QED) is 0.366. The van der Waals surface area contributed by atoms with Crippen LogP contribution in [0.5, 0.6) is 0 Å². The smallest absolute Gasteiger partial charge is 0.333 e. The number of carbonyl (C=O) groups is 3. The zero-order valence-corrected chi connectivity index (χ0v) is 16.4. The second-order valence-corrected chi connectivity index (χ2v) is 7.00. The monoisotopic (exact) mass is 525 g/mol. The molecule has 0 unspecified atom stereocenters. The van der Waals surface area contributed by atoms with Crippen molar-refractivity contribution in [2.75, 3.05) is 26.5 Å². The van der Waals surface area contributed by atoms with Gasteiger partial charge in [-0.15, -0.1) is 0 Å². The van der Waals surface area contributed by atoms with Gasteiger partial charge in [-0.05, 0) is 69.0 Å². The summed E-state index contributed by atoms with van der Waals surface area (Å²) in [5.74, 6) is -1.17. The van der Waals surface area contributed by atoms with Gasteiger partial charge in [-0.2, -0.15) is 0 Å². The number of imide groups is 2. The Morgan fingerprint density at radius 3 is 1.86 bits per heavy atom. The Bertz CT molecular complexity index is 666. The van der Waals surface area contributed by atoms with Crippen LogP contribution in [0.25, 0.3) is 6.08 Å². The van der Waals surface area contributed by atoms with Gasteiger partial charge in [0, 0.05) is 28.3 Å². The highest BCUT2D eigenvalue weighted by Gasteiger charge is 2.37. The average Bonchev–Trinajstić information content (AvgIpc) is 2.47. The summed E-state index contributed by atoms with van der Waals surface area (Å²) in [6.45, 7) is 0. The largest absolute Gasteiger partial charge is 0.386 e. The molecule has 1 heterocycles. The molecule has 1 aromatic rings. The Balaban J connectivity index is 2.50. The molecule has 0 bridgehead atoms. The van der Waals surface area contributed by atoms with E-state index in [9.17, 15) is 14.4 Å². The van der Waals surface area contributed by atoms with E-state index in [0.717, 1.165) is 28.2 Å². The number of likely N-dealkylation sites (N-methyl/N-ethyl adjacent to an activating group) is 2. The summed E-state index contributed by atoms with van der Waals surface area (Å²) >= 11 is 4.37. The van der Waals surface area contributed by atoms with Gasteiger partial charge in [-0.1, -0.05) is 0 Å². The molecule has 1 aliphatic rings. The van der Waals surface area contributed by atoms with E-state index < -0.39 is 17.8 Å². The molecular formula is C14H13I2N3O3. The summed E-state index contributed by atoms with van der Waals surface area (Å²) in [6, 6.07) is 3.12. The molecule has 1 fully saturated rings. The lowest BCUT2D eigenvalue weighted by atomic mass is 10.1. The van der Waals surface area contributed by atoms with Crippen molar-refractivity contribution in [1.29, 1.82) is 0 Å². The van der Waals surface area contributed by atoms with E-state index in [1.165, 1.54) is 20.2 Å². The molecule has 0 spiro atoms. The predicted octanol–water partition coefficient (Wildman–Crippen LogP) is 2.37. The van der Waals surface area contributed by atoms with Crippen molar-refractivity contribution >= 4 is 74.8 Å². The minimum atomic E-state index is -0.623. The van der Waals surface area contributed by atoms with Gasteiger partial charge in [0.15, 0.2) is 0 Å². The number of benzene rings is 1. The first kappa shape index (κ1) is 17.2. The average molecular weight is 525 g/mol. The SMILES string of the molecule is CNc1c(I)cc(C=C2C(=O)N(C)C(=O)N(C)C2=O)cc1I. The fourth-order valence-electron chi connectivity index (χ4n) is 2.06. The van der Waals surface area contributed by atoms with Gasteiger partial charge in [0.2, 0.25) is 0 Å². The first-order valence-corrected chi connectivity index (χ1v) is 8.42. The second-order valence-electron chi connectivity index (χ2n) is 4.68. The molecule has 8 heteroatoms. The van der Waals surface area contributed by atoms with Gasteiger partial charge in [-0.3, -0.25) is 19.4 Å². The molecule has 1 aromatic carbocycles. The number of barbiturate groups is 1. The number of nitrogens with zero attached hydrogens (tertiary/aromatic N) is 2. The van der Waals surface area contributed by atoms with E-state index in [4.69, 9.17) is 0 Å². The molecule has 4 amide bonds. The molecular weight excluding hydrogens is 512 g/mol. The van der Waals surface area contributed by atoms with Gasteiger partial charge in [0.25, 0.3) is 11.8 Å². The summed E-state index contributed by atoms with van der Waals surface area (Å²) in [5, 5.41) is 3.10. The molecule has 1 N–H and O–H groups in total. The molecule has 0 aromatic heterocycles. The van der Waals surface area contributed by atoms with E-state index in [0.29, 0.717) is 0 Å². The summed E-state index contributed by atoms with van der Waals surface area (Å²) in [4.78, 5) is 37.9. The lowest BCUT2D eigenvalue weighted by Gasteiger charge is -2.28. The topological polar surface area (TPSA) is 69.7 Å². The third-order valence-electron chi connectivity index (χ3n) is 3.27. The summed E-state index contributed by atoms with van der Waals surface area (Å²) in [5.41, 5.74) is 1.71. The zero-order valence-electron chi connectivity index (χ0n) is 12.1. The number of nitrogens with one attached hydrogen (secondary N) is 1. The highest BCUT2D eigenvalue weighted by atomic mass is 127. The number of anilines is 1. The zero-order chi connectivity index (χ0) is 16.6.